The fourth-order valence-corrected chi connectivity index (χ4v) is 4.14. The molecule has 1 atom stereocenters. The van der Waals surface area contributed by atoms with E-state index in [0.717, 1.165) is 57.2 Å². The van der Waals surface area contributed by atoms with Gasteiger partial charge in [0, 0.05) is 44.2 Å². The van der Waals surface area contributed by atoms with E-state index in [1.54, 1.807) is 12.1 Å². The van der Waals surface area contributed by atoms with E-state index in [-0.39, 0.29) is 11.2 Å². The van der Waals surface area contributed by atoms with Crippen LogP contribution in [0.5, 0.6) is 0 Å². The molecule has 1 aromatic carbocycles. The maximum Gasteiger partial charge on any atom is 0.191 e. The van der Waals surface area contributed by atoms with E-state index in [1.165, 1.54) is 19.0 Å². The van der Waals surface area contributed by atoms with E-state index in [1.807, 2.05) is 6.07 Å². The highest BCUT2D eigenvalue weighted by Crippen LogP contribution is 2.24. The second-order valence-electron chi connectivity index (χ2n) is 9.04. The molecular weight excluding hydrogens is 367 g/mol. The van der Waals surface area contributed by atoms with Crippen LogP contribution in [-0.4, -0.2) is 62.8 Å². The van der Waals surface area contributed by atoms with Crippen molar-refractivity contribution in [2.75, 3.05) is 45.9 Å². The molecule has 6 heteroatoms. The summed E-state index contributed by atoms with van der Waals surface area (Å²) in [5.41, 5.74) is 0.748. The largest absolute Gasteiger partial charge is 0.381 e. The van der Waals surface area contributed by atoms with E-state index in [4.69, 9.17) is 9.73 Å². The third-order valence-corrected chi connectivity index (χ3v) is 6.05. The first kappa shape index (κ1) is 22.0. The summed E-state index contributed by atoms with van der Waals surface area (Å²) in [4.78, 5) is 7.41. The number of rotatable bonds is 7. The Balaban J connectivity index is 1.51. The van der Waals surface area contributed by atoms with Crippen molar-refractivity contribution in [3.05, 3.63) is 35.6 Å². The average molecular weight is 405 g/mol. The van der Waals surface area contributed by atoms with Crippen LogP contribution in [0.3, 0.4) is 0 Å². The number of halogens is 1. The lowest BCUT2D eigenvalue weighted by atomic mass is 9.85. The Kier molecular flexibility index (Phi) is 7.90. The van der Waals surface area contributed by atoms with Gasteiger partial charge in [0.1, 0.15) is 5.82 Å². The average Bonchev–Trinajstić information content (AvgIpc) is 3.21. The van der Waals surface area contributed by atoms with Gasteiger partial charge in [-0.2, -0.15) is 0 Å². The number of nitrogens with one attached hydrogen (secondary N) is 2. The highest BCUT2D eigenvalue weighted by Gasteiger charge is 2.25. The molecule has 1 aromatic rings. The predicted molar refractivity (Wildman–Crippen MR) is 117 cm³/mol. The molecule has 2 saturated heterocycles. The molecule has 2 fully saturated rings. The number of nitrogens with zero attached hydrogens (tertiary/aromatic N) is 2. The number of guanidine groups is 1. The number of likely N-dealkylation sites (tertiary alicyclic amines) is 1. The molecule has 3 rings (SSSR count). The Labute approximate surface area is 175 Å². The Morgan fingerprint density at radius 3 is 2.72 bits per heavy atom. The molecule has 2 N–H and O–H groups in total. The van der Waals surface area contributed by atoms with Crippen molar-refractivity contribution in [2.45, 2.75) is 51.5 Å². The van der Waals surface area contributed by atoms with E-state index >= 15 is 0 Å². The van der Waals surface area contributed by atoms with Gasteiger partial charge >= 0.3 is 0 Å². The van der Waals surface area contributed by atoms with E-state index < -0.39 is 0 Å². The highest BCUT2D eigenvalue weighted by molar-refractivity contribution is 5.80. The van der Waals surface area contributed by atoms with Gasteiger partial charge in [-0.25, -0.2) is 4.39 Å². The monoisotopic (exact) mass is 404 g/mol. The lowest BCUT2D eigenvalue weighted by Gasteiger charge is -2.34. The third-order valence-electron chi connectivity index (χ3n) is 6.05. The SMILES string of the molecule is CCNC(=NCC(C)(C)c1cccc(F)c1)NC1CCN(CC2CCOC2)CC1. The zero-order chi connectivity index (χ0) is 20.7. The van der Waals surface area contributed by atoms with Gasteiger partial charge < -0.3 is 20.3 Å². The summed E-state index contributed by atoms with van der Waals surface area (Å²) in [5.74, 6) is 1.38. The molecule has 2 heterocycles. The van der Waals surface area contributed by atoms with Crippen LogP contribution in [0.15, 0.2) is 29.3 Å². The van der Waals surface area contributed by atoms with Gasteiger partial charge in [-0.05, 0) is 49.8 Å². The number of piperidine rings is 1. The van der Waals surface area contributed by atoms with Crippen LogP contribution in [-0.2, 0) is 10.2 Å². The van der Waals surface area contributed by atoms with Crippen LogP contribution in [0.1, 0.15) is 45.6 Å². The van der Waals surface area contributed by atoms with Crippen LogP contribution in [0.25, 0.3) is 0 Å². The maximum absolute atomic E-state index is 13.6. The molecule has 0 spiro atoms. The minimum absolute atomic E-state index is 0.194. The number of hydrogen-bond acceptors (Lipinski definition) is 3. The zero-order valence-corrected chi connectivity index (χ0v) is 18.2. The Morgan fingerprint density at radius 1 is 1.28 bits per heavy atom. The molecule has 0 bridgehead atoms. The summed E-state index contributed by atoms with van der Waals surface area (Å²) < 4.78 is 19.1. The molecule has 0 amide bonds. The standard InChI is InChI=1S/C23H37FN4O/c1-4-25-22(26-17-23(2,3)19-6-5-7-20(24)14-19)27-21-8-11-28(12-9-21)15-18-10-13-29-16-18/h5-7,14,18,21H,4,8-13,15-17H2,1-3H3,(H2,25,26,27). The first-order valence-corrected chi connectivity index (χ1v) is 11.1. The Morgan fingerprint density at radius 2 is 2.07 bits per heavy atom. The summed E-state index contributed by atoms with van der Waals surface area (Å²) in [7, 11) is 0. The molecule has 0 saturated carbocycles. The van der Waals surface area contributed by atoms with Gasteiger partial charge in [-0.1, -0.05) is 26.0 Å². The summed E-state index contributed by atoms with van der Waals surface area (Å²) >= 11 is 0. The van der Waals surface area contributed by atoms with Crippen LogP contribution >= 0.6 is 0 Å². The van der Waals surface area contributed by atoms with Crippen molar-refractivity contribution in [3.8, 4) is 0 Å². The number of ether oxygens (including phenoxy) is 1. The van der Waals surface area contributed by atoms with Crippen molar-refractivity contribution < 1.29 is 9.13 Å². The lowest BCUT2D eigenvalue weighted by molar-refractivity contribution is 0.150. The van der Waals surface area contributed by atoms with Crippen molar-refractivity contribution in [1.82, 2.24) is 15.5 Å². The molecule has 0 aliphatic carbocycles. The molecule has 162 valence electrons. The lowest BCUT2D eigenvalue weighted by Crippen LogP contribution is -2.49. The van der Waals surface area contributed by atoms with Gasteiger partial charge in [-0.3, -0.25) is 4.99 Å². The Hall–Kier alpha value is -1.66. The van der Waals surface area contributed by atoms with Gasteiger partial charge in [0.2, 0.25) is 0 Å². The van der Waals surface area contributed by atoms with Crippen LogP contribution in [0.2, 0.25) is 0 Å². The molecule has 29 heavy (non-hydrogen) atoms. The normalized spacial score (nSPS) is 22.1. The number of benzene rings is 1. The second-order valence-corrected chi connectivity index (χ2v) is 9.04. The molecule has 5 nitrogen and oxygen atoms in total. The summed E-state index contributed by atoms with van der Waals surface area (Å²) in [5, 5.41) is 6.99. The van der Waals surface area contributed by atoms with Crippen molar-refractivity contribution in [3.63, 3.8) is 0 Å². The molecule has 2 aliphatic heterocycles. The van der Waals surface area contributed by atoms with Gasteiger partial charge in [-0.15, -0.1) is 0 Å². The van der Waals surface area contributed by atoms with E-state index in [2.05, 4.69) is 36.3 Å². The molecule has 1 unspecified atom stereocenters. The first-order valence-electron chi connectivity index (χ1n) is 11.1. The number of hydrogen-bond donors (Lipinski definition) is 2. The van der Waals surface area contributed by atoms with Gasteiger partial charge in [0.25, 0.3) is 0 Å². The fourth-order valence-electron chi connectivity index (χ4n) is 4.14. The van der Waals surface area contributed by atoms with Gasteiger partial charge in [0.15, 0.2) is 5.96 Å². The maximum atomic E-state index is 13.6. The smallest absolute Gasteiger partial charge is 0.191 e. The molecule has 2 aliphatic rings. The molecule has 0 aromatic heterocycles. The minimum atomic E-state index is -0.225. The topological polar surface area (TPSA) is 48.9 Å². The van der Waals surface area contributed by atoms with Crippen LogP contribution < -0.4 is 10.6 Å². The van der Waals surface area contributed by atoms with Crippen molar-refractivity contribution >= 4 is 5.96 Å². The summed E-state index contributed by atoms with van der Waals surface area (Å²) in [6.07, 6.45) is 3.47. The van der Waals surface area contributed by atoms with Crippen molar-refractivity contribution in [2.24, 2.45) is 10.9 Å². The predicted octanol–water partition coefficient (Wildman–Crippen LogP) is 3.16. The quantitative estimate of drug-likeness (QED) is 0.541. The fraction of sp³-hybridized carbons (Fsp3) is 0.696. The first-order chi connectivity index (χ1) is 14.0. The highest BCUT2D eigenvalue weighted by atomic mass is 19.1. The third kappa shape index (κ3) is 6.68. The van der Waals surface area contributed by atoms with Crippen molar-refractivity contribution in [1.29, 1.82) is 0 Å². The zero-order valence-electron chi connectivity index (χ0n) is 18.2. The van der Waals surface area contributed by atoms with E-state index in [9.17, 15) is 4.39 Å². The second kappa shape index (κ2) is 10.4. The minimum Gasteiger partial charge on any atom is -0.381 e. The van der Waals surface area contributed by atoms with Gasteiger partial charge in [0.05, 0.1) is 13.2 Å². The summed E-state index contributed by atoms with van der Waals surface area (Å²) in [6.45, 7) is 13.0. The molecule has 0 radical (unpaired) electrons. The van der Waals surface area contributed by atoms with E-state index in [0.29, 0.717) is 18.5 Å². The number of aliphatic imine (C=N–C) groups is 1. The van der Waals surface area contributed by atoms with Crippen LogP contribution in [0.4, 0.5) is 4.39 Å². The summed E-state index contributed by atoms with van der Waals surface area (Å²) in [6, 6.07) is 7.29. The Bertz CT molecular complexity index is 665. The molecular formula is C23H37FN4O. The van der Waals surface area contributed by atoms with Crippen LogP contribution in [0, 0.1) is 11.7 Å².